The molecule has 0 heterocycles. The summed E-state index contributed by atoms with van der Waals surface area (Å²) in [5, 5.41) is 0. The molecule has 6 nitrogen and oxygen atoms in total. The molecule has 0 amide bonds. The van der Waals surface area contributed by atoms with Gasteiger partial charge in [-0.1, -0.05) is 280 Å². The van der Waals surface area contributed by atoms with Crippen LogP contribution >= 0.6 is 0 Å². The Morgan fingerprint density at radius 3 is 0.768 bits per heavy atom. The molecule has 0 aliphatic carbocycles. The van der Waals surface area contributed by atoms with Gasteiger partial charge in [0, 0.05) is 19.3 Å². The molecule has 0 N–H and O–H groups in total. The molecule has 458 valence electrons. The van der Waals surface area contributed by atoms with Crippen LogP contribution in [0.25, 0.3) is 0 Å². The third-order valence-electron chi connectivity index (χ3n) is 13.2. The Bertz CT molecular complexity index is 1920. The molecular formula is C76H118O6. The number of esters is 3. The van der Waals surface area contributed by atoms with Crippen molar-refractivity contribution in [1.29, 1.82) is 0 Å². The van der Waals surface area contributed by atoms with Gasteiger partial charge in [-0.25, -0.2) is 0 Å². The second-order valence-corrected chi connectivity index (χ2v) is 20.9. The van der Waals surface area contributed by atoms with Crippen molar-refractivity contribution in [3.63, 3.8) is 0 Å². The summed E-state index contributed by atoms with van der Waals surface area (Å²) in [7, 11) is 0. The van der Waals surface area contributed by atoms with Gasteiger partial charge in [0.1, 0.15) is 13.2 Å². The van der Waals surface area contributed by atoms with E-state index in [0.717, 1.165) is 167 Å². The van der Waals surface area contributed by atoms with Crippen LogP contribution in [0, 0.1) is 0 Å². The van der Waals surface area contributed by atoms with E-state index in [1.807, 2.05) is 0 Å². The Morgan fingerprint density at radius 1 is 0.256 bits per heavy atom. The zero-order valence-corrected chi connectivity index (χ0v) is 52.4. The van der Waals surface area contributed by atoms with Crippen LogP contribution in [0.5, 0.6) is 0 Å². The van der Waals surface area contributed by atoms with Gasteiger partial charge in [-0.15, -0.1) is 0 Å². The maximum atomic E-state index is 12.9. The van der Waals surface area contributed by atoms with Crippen LogP contribution in [0.2, 0.25) is 0 Å². The van der Waals surface area contributed by atoms with E-state index in [2.05, 4.69) is 203 Å². The average Bonchev–Trinajstić information content (AvgIpc) is 3.48. The number of hydrogen-bond acceptors (Lipinski definition) is 6. The lowest BCUT2D eigenvalue weighted by Crippen LogP contribution is -2.30. The van der Waals surface area contributed by atoms with Gasteiger partial charge in [-0.05, 0) is 141 Å². The van der Waals surface area contributed by atoms with Crippen molar-refractivity contribution in [2.24, 2.45) is 0 Å². The number of rotatable bonds is 57. The lowest BCUT2D eigenvalue weighted by Gasteiger charge is -2.18. The third kappa shape index (κ3) is 65.3. The first-order valence-electron chi connectivity index (χ1n) is 32.8. The number of ether oxygens (including phenoxy) is 3. The maximum Gasteiger partial charge on any atom is 0.306 e. The first kappa shape index (κ1) is 76.5. The first-order chi connectivity index (χ1) is 40.5. The SMILES string of the molecule is CC/C=C\C/C=C\C/C=C\C/C=C\C/C=C\C/C=C\C/C=C\C/C=C\CCCCC(=O)OCC(COC(=O)CCCCCCCCCCCC)OC(=O)CCCCCCC/C=C\C/C=C\C/C=C\C/C=C\C/C=C\C/C=C\C/C=C\CC. The molecule has 0 aliphatic heterocycles. The van der Waals surface area contributed by atoms with Crippen LogP contribution in [0.3, 0.4) is 0 Å². The molecule has 0 fully saturated rings. The van der Waals surface area contributed by atoms with E-state index in [0.29, 0.717) is 12.8 Å². The summed E-state index contributed by atoms with van der Waals surface area (Å²) >= 11 is 0. The summed E-state index contributed by atoms with van der Waals surface area (Å²) in [5.41, 5.74) is 0. The van der Waals surface area contributed by atoms with Crippen molar-refractivity contribution in [2.45, 2.75) is 264 Å². The molecule has 0 rings (SSSR count). The van der Waals surface area contributed by atoms with Crippen LogP contribution in [-0.2, 0) is 28.6 Å². The Balaban J connectivity index is 4.43. The number of carbonyl (C=O) groups excluding carboxylic acids is 3. The predicted molar refractivity (Wildman–Crippen MR) is 357 cm³/mol. The largest absolute Gasteiger partial charge is 0.462 e. The summed E-state index contributed by atoms with van der Waals surface area (Å²) in [6.07, 6.45) is 102. The fraction of sp³-hybridized carbons (Fsp3) is 0.566. The van der Waals surface area contributed by atoms with E-state index in [4.69, 9.17) is 14.2 Å². The van der Waals surface area contributed by atoms with Crippen molar-refractivity contribution in [3.05, 3.63) is 182 Å². The van der Waals surface area contributed by atoms with Gasteiger partial charge in [0.2, 0.25) is 0 Å². The van der Waals surface area contributed by atoms with Gasteiger partial charge in [-0.3, -0.25) is 14.4 Å². The Labute approximate surface area is 504 Å². The van der Waals surface area contributed by atoms with E-state index in [-0.39, 0.29) is 44.0 Å². The summed E-state index contributed by atoms with van der Waals surface area (Å²) in [6, 6.07) is 0. The van der Waals surface area contributed by atoms with Crippen molar-refractivity contribution in [2.75, 3.05) is 13.2 Å². The highest BCUT2D eigenvalue weighted by atomic mass is 16.6. The first-order valence-corrected chi connectivity index (χ1v) is 32.8. The average molecular weight is 1130 g/mol. The van der Waals surface area contributed by atoms with Gasteiger partial charge >= 0.3 is 17.9 Å². The monoisotopic (exact) mass is 1130 g/mol. The zero-order valence-electron chi connectivity index (χ0n) is 52.4. The van der Waals surface area contributed by atoms with Crippen LogP contribution in [0.15, 0.2) is 182 Å². The molecule has 0 aromatic rings. The Kier molecular flexibility index (Phi) is 63.5. The zero-order chi connectivity index (χ0) is 59.2. The molecule has 0 bridgehead atoms. The highest BCUT2D eigenvalue weighted by Gasteiger charge is 2.19. The summed E-state index contributed by atoms with van der Waals surface area (Å²) in [6.45, 7) is 6.34. The number of allylic oxidation sites excluding steroid dienone is 30. The molecule has 0 aromatic carbocycles. The quantitative estimate of drug-likeness (QED) is 0.0261. The van der Waals surface area contributed by atoms with E-state index >= 15 is 0 Å². The van der Waals surface area contributed by atoms with Gasteiger partial charge in [0.15, 0.2) is 6.10 Å². The van der Waals surface area contributed by atoms with Gasteiger partial charge in [-0.2, -0.15) is 0 Å². The van der Waals surface area contributed by atoms with Crippen molar-refractivity contribution in [3.8, 4) is 0 Å². The summed E-state index contributed by atoms with van der Waals surface area (Å²) < 4.78 is 16.8. The minimum Gasteiger partial charge on any atom is -0.462 e. The van der Waals surface area contributed by atoms with E-state index < -0.39 is 6.10 Å². The number of carbonyl (C=O) groups is 3. The minimum atomic E-state index is -0.816. The van der Waals surface area contributed by atoms with Crippen LogP contribution in [0.1, 0.15) is 258 Å². The highest BCUT2D eigenvalue weighted by molar-refractivity contribution is 5.71. The van der Waals surface area contributed by atoms with E-state index in [9.17, 15) is 14.4 Å². The Hall–Kier alpha value is -5.49. The van der Waals surface area contributed by atoms with E-state index in [1.54, 1.807) is 0 Å². The smallest absolute Gasteiger partial charge is 0.306 e. The van der Waals surface area contributed by atoms with Crippen molar-refractivity contribution < 1.29 is 28.6 Å². The van der Waals surface area contributed by atoms with Gasteiger partial charge < -0.3 is 14.2 Å². The fourth-order valence-electron chi connectivity index (χ4n) is 8.32. The molecule has 0 radical (unpaired) electrons. The molecule has 0 spiro atoms. The number of hydrogen-bond donors (Lipinski definition) is 0. The van der Waals surface area contributed by atoms with Crippen molar-refractivity contribution in [1.82, 2.24) is 0 Å². The second kappa shape index (κ2) is 68.0. The van der Waals surface area contributed by atoms with Crippen LogP contribution < -0.4 is 0 Å². The highest BCUT2D eigenvalue weighted by Crippen LogP contribution is 2.14. The topological polar surface area (TPSA) is 78.9 Å². The van der Waals surface area contributed by atoms with Gasteiger partial charge in [0.05, 0.1) is 0 Å². The molecule has 0 aromatic heterocycles. The van der Waals surface area contributed by atoms with Gasteiger partial charge in [0.25, 0.3) is 0 Å². The molecule has 82 heavy (non-hydrogen) atoms. The maximum absolute atomic E-state index is 12.9. The normalized spacial score (nSPS) is 13.4. The molecule has 6 heteroatoms. The Morgan fingerprint density at radius 2 is 0.476 bits per heavy atom. The predicted octanol–water partition coefficient (Wildman–Crippen LogP) is 22.8. The molecular weight excluding hydrogens is 1010 g/mol. The third-order valence-corrected chi connectivity index (χ3v) is 13.2. The molecule has 0 saturated heterocycles. The standard InChI is InChI=1S/C76H118O6/c1-4-7-10-13-16-19-22-24-26-28-30-32-34-36-38-40-42-44-46-48-50-52-54-57-60-63-66-69-75(78)81-72-73(71-80-74(77)68-65-62-59-56-21-18-15-12-9-6-3)82-76(79)70-67-64-61-58-55-53-51-49-47-45-43-41-39-37-35-33-31-29-27-25-23-20-17-14-11-8-5-2/h7-8,10-11,16-17,19-20,24-27,30-33,36-39,42-45,48-51,54,57,73H,4-6,9,12-15,18,21-23,28-29,34-35,40-41,46-47,52-53,55-56,58-72H2,1-3H3/b10-7-,11-8-,19-16-,20-17-,26-24-,27-25-,32-30-,33-31-,38-36-,39-37-,44-42-,45-43-,50-48-,51-49-,57-54-. The van der Waals surface area contributed by atoms with E-state index in [1.165, 1.54) is 44.9 Å². The summed E-state index contributed by atoms with van der Waals surface area (Å²) in [4.78, 5) is 38.3. The van der Waals surface area contributed by atoms with Crippen LogP contribution in [-0.4, -0.2) is 37.2 Å². The lowest BCUT2D eigenvalue weighted by molar-refractivity contribution is -0.167. The lowest BCUT2D eigenvalue weighted by atomic mass is 10.1. The molecule has 0 aliphatic rings. The molecule has 1 atom stereocenters. The second-order valence-electron chi connectivity index (χ2n) is 20.9. The molecule has 1 unspecified atom stereocenters. The fourth-order valence-corrected chi connectivity index (χ4v) is 8.32. The summed E-state index contributed by atoms with van der Waals surface area (Å²) in [5.74, 6) is -0.981. The minimum absolute atomic E-state index is 0.107. The molecule has 0 saturated carbocycles. The van der Waals surface area contributed by atoms with Crippen LogP contribution in [0.4, 0.5) is 0 Å². The van der Waals surface area contributed by atoms with Crippen molar-refractivity contribution >= 4 is 17.9 Å². The number of unbranched alkanes of at least 4 members (excludes halogenated alkanes) is 16.